The molecule has 0 fully saturated rings. The van der Waals surface area contributed by atoms with Crippen LogP contribution in [-0.4, -0.2) is 27.5 Å². The largest absolute Gasteiger partial charge is 0.489 e. The molecule has 0 aliphatic rings. The first-order valence-corrected chi connectivity index (χ1v) is 10.9. The molecular formula is C25H36O5. The second kappa shape index (κ2) is 12.1. The van der Waals surface area contributed by atoms with Crippen molar-refractivity contribution in [2.75, 3.05) is 6.61 Å². The zero-order valence-electron chi connectivity index (χ0n) is 18.4. The summed E-state index contributed by atoms with van der Waals surface area (Å²) in [7, 11) is 0. The van der Waals surface area contributed by atoms with Crippen LogP contribution in [0.4, 0.5) is 0 Å². The van der Waals surface area contributed by atoms with Crippen molar-refractivity contribution in [1.82, 2.24) is 0 Å². The monoisotopic (exact) mass is 416 g/mol. The van der Waals surface area contributed by atoms with Gasteiger partial charge in [-0.25, -0.2) is 0 Å². The van der Waals surface area contributed by atoms with Gasteiger partial charge in [0, 0.05) is 0 Å². The molecule has 3 N–H and O–H groups in total. The molecule has 2 aromatic rings. The number of hydrogen-bond donors (Lipinski definition) is 3. The lowest BCUT2D eigenvalue weighted by Gasteiger charge is -2.26. The average molecular weight is 417 g/mol. The maximum atomic E-state index is 10.4. The zero-order valence-corrected chi connectivity index (χ0v) is 18.4. The molecule has 0 saturated heterocycles. The molecule has 0 aromatic heterocycles. The molecule has 0 bridgehead atoms. The van der Waals surface area contributed by atoms with Crippen molar-refractivity contribution >= 4 is 0 Å². The molecule has 0 aliphatic heterocycles. The third kappa shape index (κ3) is 6.81. The second-order valence-corrected chi connectivity index (χ2v) is 7.73. The maximum absolute atomic E-state index is 10.4. The Kier molecular flexibility index (Phi) is 9.79. The Bertz CT molecular complexity index is 770. The summed E-state index contributed by atoms with van der Waals surface area (Å²) in [6.07, 6.45) is 2.87. The van der Waals surface area contributed by atoms with E-state index in [0.29, 0.717) is 25.2 Å². The van der Waals surface area contributed by atoms with Crippen molar-refractivity contribution in [2.24, 2.45) is 0 Å². The predicted molar refractivity (Wildman–Crippen MR) is 118 cm³/mol. The standard InChI is InChI=1S/C25H36O5/c1-4-24(29-13-12-25(28,5-2)6-3)20-8-7-9-23(15-20)30-18-19-10-11-21(16-26)22(14-19)17-27/h7-11,14-15,24,26-28H,4-6,12-13,16-18H2,1-3H3. The summed E-state index contributed by atoms with van der Waals surface area (Å²) in [4.78, 5) is 0. The molecule has 30 heavy (non-hydrogen) atoms. The van der Waals surface area contributed by atoms with Gasteiger partial charge in [0.05, 0.1) is 31.5 Å². The molecule has 5 heteroatoms. The minimum atomic E-state index is -0.651. The Labute approximate surface area is 180 Å². The molecule has 0 saturated carbocycles. The van der Waals surface area contributed by atoms with Gasteiger partial charge in [0.15, 0.2) is 0 Å². The summed E-state index contributed by atoms with van der Waals surface area (Å²) in [5, 5.41) is 29.2. The number of ether oxygens (including phenoxy) is 2. The van der Waals surface area contributed by atoms with Crippen LogP contribution in [0, 0.1) is 0 Å². The third-order valence-corrected chi connectivity index (χ3v) is 5.82. The van der Waals surface area contributed by atoms with E-state index in [1.54, 1.807) is 0 Å². The summed E-state index contributed by atoms with van der Waals surface area (Å²) in [5.41, 5.74) is 2.78. The molecule has 2 rings (SSSR count). The molecule has 0 heterocycles. The first-order valence-electron chi connectivity index (χ1n) is 10.9. The minimum Gasteiger partial charge on any atom is -0.489 e. The smallest absolute Gasteiger partial charge is 0.120 e. The highest BCUT2D eigenvalue weighted by Gasteiger charge is 2.22. The van der Waals surface area contributed by atoms with Gasteiger partial charge in [0.1, 0.15) is 12.4 Å². The number of hydrogen-bond acceptors (Lipinski definition) is 5. The van der Waals surface area contributed by atoms with E-state index < -0.39 is 5.60 Å². The van der Waals surface area contributed by atoms with Crippen molar-refractivity contribution in [3.05, 3.63) is 64.7 Å². The molecule has 0 aliphatic carbocycles. The van der Waals surface area contributed by atoms with E-state index in [0.717, 1.165) is 41.7 Å². The SMILES string of the molecule is CCC(OCCC(O)(CC)CC)c1cccc(OCc2ccc(CO)c(CO)c2)c1. The lowest BCUT2D eigenvalue weighted by Crippen LogP contribution is -2.28. The molecular weight excluding hydrogens is 380 g/mol. The van der Waals surface area contributed by atoms with E-state index in [9.17, 15) is 15.3 Å². The van der Waals surface area contributed by atoms with Gasteiger partial charge in [-0.05, 0) is 66.1 Å². The fourth-order valence-electron chi connectivity index (χ4n) is 3.49. The van der Waals surface area contributed by atoms with Gasteiger partial charge < -0.3 is 24.8 Å². The highest BCUT2D eigenvalue weighted by molar-refractivity contribution is 5.33. The van der Waals surface area contributed by atoms with E-state index in [1.165, 1.54) is 0 Å². The lowest BCUT2D eigenvalue weighted by atomic mass is 9.94. The quantitative estimate of drug-likeness (QED) is 0.443. The Morgan fingerprint density at radius 1 is 0.933 bits per heavy atom. The van der Waals surface area contributed by atoms with Crippen molar-refractivity contribution in [1.29, 1.82) is 0 Å². The molecule has 1 atom stereocenters. The van der Waals surface area contributed by atoms with Crippen LogP contribution in [0.15, 0.2) is 42.5 Å². The van der Waals surface area contributed by atoms with Crippen LogP contribution in [-0.2, 0) is 24.6 Å². The number of rotatable bonds is 13. The van der Waals surface area contributed by atoms with Gasteiger partial charge >= 0.3 is 0 Å². The summed E-state index contributed by atoms with van der Waals surface area (Å²) in [5.74, 6) is 0.755. The fourth-order valence-corrected chi connectivity index (χ4v) is 3.49. The maximum Gasteiger partial charge on any atom is 0.120 e. The van der Waals surface area contributed by atoms with E-state index in [2.05, 4.69) is 6.92 Å². The molecule has 1 unspecified atom stereocenters. The normalized spacial score (nSPS) is 12.7. The van der Waals surface area contributed by atoms with Crippen LogP contribution in [0.5, 0.6) is 5.75 Å². The van der Waals surface area contributed by atoms with Gasteiger partial charge in [0.2, 0.25) is 0 Å². The van der Waals surface area contributed by atoms with E-state index >= 15 is 0 Å². The fraction of sp³-hybridized carbons (Fsp3) is 0.520. The molecule has 5 nitrogen and oxygen atoms in total. The van der Waals surface area contributed by atoms with Gasteiger partial charge in [-0.2, -0.15) is 0 Å². The van der Waals surface area contributed by atoms with E-state index in [1.807, 2.05) is 56.3 Å². The van der Waals surface area contributed by atoms with Crippen LogP contribution in [0.25, 0.3) is 0 Å². The third-order valence-electron chi connectivity index (χ3n) is 5.82. The van der Waals surface area contributed by atoms with E-state index in [-0.39, 0.29) is 19.3 Å². The van der Waals surface area contributed by atoms with Gasteiger partial charge in [-0.1, -0.05) is 45.0 Å². The van der Waals surface area contributed by atoms with Crippen molar-refractivity contribution in [3.63, 3.8) is 0 Å². The van der Waals surface area contributed by atoms with Crippen molar-refractivity contribution in [2.45, 2.75) is 78.0 Å². The van der Waals surface area contributed by atoms with Gasteiger partial charge in [-0.15, -0.1) is 0 Å². The Hall–Kier alpha value is -1.92. The van der Waals surface area contributed by atoms with Crippen LogP contribution in [0.2, 0.25) is 0 Å². The van der Waals surface area contributed by atoms with Crippen LogP contribution in [0.3, 0.4) is 0 Å². The predicted octanol–water partition coefficient (Wildman–Crippen LogP) is 4.66. The first kappa shape index (κ1) is 24.4. The molecule has 166 valence electrons. The van der Waals surface area contributed by atoms with Crippen LogP contribution in [0.1, 0.15) is 74.8 Å². The number of benzene rings is 2. The number of aliphatic hydroxyl groups is 3. The second-order valence-electron chi connectivity index (χ2n) is 7.73. The topological polar surface area (TPSA) is 79.2 Å². The van der Waals surface area contributed by atoms with Crippen LogP contribution < -0.4 is 4.74 Å². The summed E-state index contributed by atoms with van der Waals surface area (Å²) in [6, 6.07) is 13.5. The average Bonchev–Trinajstić information content (AvgIpc) is 2.80. The van der Waals surface area contributed by atoms with Crippen molar-refractivity contribution in [3.8, 4) is 5.75 Å². The zero-order chi connectivity index (χ0) is 22.0. The first-order chi connectivity index (χ1) is 14.5. The number of aliphatic hydroxyl groups excluding tert-OH is 2. The lowest BCUT2D eigenvalue weighted by molar-refractivity contribution is -0.0270. The Morgan fingerprint density at radius 3 is 2.30 bits per heavy atom. The minimum absolute atomic E-state index is 0.0451. The molecule has 0 radical (unpaired) electrons. The summed E-state index contributed by atoms with van der Waals surface area (Å²) < 4.78 is 12.0. The summed E-state index contributed by atoms with van der Waals surface area (Å²) >= 11 is 0. The highest BCUT2D eigenvalue weighted by Crippen LogP contribution is 2.27. The molecule has 2 aromatic carbocycles. The molecule has 0 amide bonds. The Morgan fingerprint density at radius 2 is 1.67 bits per heavy atom. The van der Waals surface area contributed by atoms with E-state index in [4.69, 9.17) is 9.47 Å². The highest BCUT2D eigenvalue weighted by atomic mass is 16.5. The van der Waals surface area contributed by atoms with Gasteiger partial charge in [0.25, 0.3) is 0 Å². The summed E-state index contributed by atoms with van der Waals surface area (Å²) in [6.45, 7) is 6.78. The van der Waals surface area contributed by atoms with Crippen molar-refractivity contribution < 1.29 is 24.8 Å². The van der Waals surface area contributed by atoms with Crippen LogP contribution >= 0.6 is 0 Å². The molecule has 0 spiro atoms. The van der Waals surface area contributed by atoms with Gasteiger partial charge in [-0.3, -0.25) is 0 Å². The Balaban J connectivity index is 1.99.